The van der Waals surface area contributed by atoms with Crippen LogP contribution in [0.1, 0.15) is 34.3 Å². The molecule has 0 radical (unpaired) electrons. The Morgan fingerprint density at radius 1 is 0.914 bits per heavy atom. The SMILES string of the molecule is Cc1c(Cl)cccc1NC(=O)CCC(=O)NNC(=O)c1cc(Br)ccc1OCCc1ccccc1. The van der Waals surface area contributed by atoms with Crippen molar-refractivity contribution in [3.05, 3.63) is 92.9 Å². The summed E-state index contributed by atoms with van der Waals surface area (Å²) in [5, 5.41) is 3.27. The van der Waals surface area contributed by atoms with Crippen LogP contribution < -0.4 is 20.9 Å². The Balaban J connectivity index is 1.48. The van der Waals surface area contributed by atoms with Crippen LogP contribution in [0.2, 0.25) is 5.02 Å². The number of rotatable bonds is 9. The summed E-state index contributed by atoms with van der Waals surface area (Å²) in [6.07, 6.45) is 0.522. The summed E-state index contributed by atoms with van der Waals surface area (Å²) in [7, 11) is 0. The zero-order valence-corrected chi connectivity index (χ0v) is 21.4. The van der Waals surface area contributed by atoms with E-state index in [1.807, 2.05) is 30.3 Å². The fraction of sp³-hybridized carbons (Fsp3) is 0.192. The normalized spacial score (nSPS) is 10.4. The van der Waals surface area contributed by atoms with Gasteiger partial charge in [-0.1, -0.05) is 63.9 Å². The average Bonchev–Trinajstić information content (AvgIpc) is 2.85. The van der Waals surface area contributed by atoms with Gasteiger partial charge in [-0.25, -0.2) is 0 Å². The van der Waals surface area contributed by atoms with Gasteiger partial charge in [-0.2, -0.15) is 0 Å². The fourth-order valence-corrected chi connectivity index (χ4v) is 3.70. The van der Waals surface area contributed by atoms with E-state index < -0.39 is 11.8 Å². The standard InChI is InChI=1S/C26H25BrClN3O4/c1-17-21(28)8-5-9-22(17)29-24(32)12-13-25(33)30-31-26(34)20-16-19(27)10-11-23(20)35-15-14-18-6-3-2-4-7-18/h2-11,16H,12-15H2,1H3,(H,29,32)(H,30,33)(H,31,34). The van der Waals surface area contributed by atoms with Crippen molar-refractivity contribution in [3.8, 4) is 5.75 Å². The lowest BCUT2D eigenvalue weighted by Gasteiger charge is -2.13. The van der Waals surface area contributed by atoms with E-state index in [0.29, 0.717) is 34.0 Å². The summed E-state index contributed by atoms with van der Waals surface area (Å²) in [5.41, 5.74) is 7.44. The van der Waals surface area contributed by atoms with Crippen LogP contribution >= 0.6 is 27.5 Å². The lowest BCUT2D eigenvalue weighted by molar-refractivity contribution is -0.124. The molecule has 0 saturated carbocycles. The molecule has 0 saturated heterocycles. The van der Waals surface area contributed by atoms with E-state index in [1.165, 1.54) is 0 Å². The third-order valence-electron chi connectivity index (χ3n) is 5.11. The second kappa shape index (κ2) is 12.9. The summed E-state index contributed by atoms with van der Waals surface area (Å²) < 4.78 is 6.51. The first-order chi connectivity index (χ1) is 16.8. The number of hydrazine groups is 1. The van der Waals surface area contributed by atoms with Crippen molar-refractivity contribution >= 4 is 50.9 Å². The predicted molar refractivity (Wildman–Crippen MR) is 139 cm³/mol. The topological polar surface area (TPSA) is 96.5 Å². The number of hydrogen-bond donors (Lipinski definition) is 3. The molecule has 0 aliphatic rings. The van der Waals surface area contributed by atoms with Crippen LogP contribution in [0.5, 0.6) is 5.75 Å². The number of benzene rings is 3. The van der Waals surface area contributed by atoms with Gasteiger partial charge in [0.15, 0.2) is 0 Å². The quantitative estimate of drug-likeness (QED) is 0.314. The molecule has 3 rings (SSSR count). The number of halogens is 2. The van der Waals surface area contributed by atoms with Gasteiger partial charge in [-0.3, -0.25) is 25.2 Å². The lowest BCUT2D eigenvalue weighted by Crippen LogP contribution is -2.42. The van der Waals surface area contributed by atoms with Crippen LogP contribution in [0.4, 0.5) is 5.69 Å². The van der Waals surface area contributed by atoms with Crippen molar-refractivity contribution in [1.29, 1.82) is 0 Å². The molecule has 9 heteroatoms. The van der Waals surface area contributed by atoms with E-state index in [1.54, 1.807) is 43.3 Å². The Morgan fingerprint density at radius 3 is 2.43 bits per heavy atom. The molecule has 0 heterocycles. The van der Waals surface area contributed by atoms with Crippen LogP contribution in [0.25, 0.3) is 0 Å². The van der Waals surface area contributed by atoms with Gasteiger partial charge < -0.3 is 10.1 Å². The van der Waals surface area contributed by atoms with Crippen LogP contribution in [0.3, 0.4) is 0 Å². The number of hydrogen-bond acceptors (Lipinski definition) is 4. The van der Waals surface area contributed by atoms with Gasteiger partial charge in [0.1, 0.15) is 5.75 Å². The summed E-state index contributed by atoms with van der Waals surface area (Å²) >= 11 is 9.41. The summed E-state index contributed by atoms with van der Waals surface area (Å²) in [4.78, 5) is 37.0. The number of nitrogens with one attached hydrogen (secondary N) is 3. The number of anilines is 1. The van der Waals surface area contributed by atoms with Crippen molar-refractivity contribution in [2.45, 2.75) is 26.2 Å². The maximum atomic E-state index is 12.7. The van der Waals surface area contributed by atoms with Gasteiger partial charge >= 0.3 is 0 Å². The zero-order chi connectivity index (χ0) is 25.2. The molecular formula is C26H25BrClN3O4. The highest BCUT2D eigenvalue weighted by molar-refractivity contribution is 9.10. The molecular weight excluding hydrogens is 534 g/mol. The minimum atomic E-state index is -0.534. The van der Waals surface area contributed by atoms with Crippen LogP contribution in [-0.4, -0.2) is 24.3 Å². The van der Waals surface area contributed by atoms with Crippen LogP contribution in [-0.2, 0) is 16.0 Å². The highest BCUT2D eigenvalue weighted by Crippen LogP contribution is 2.24. The molecule has 3 aromatic carbocycles. The molecule has 0 bridgehead atoms. The Morgan fingerprint density at radius 2 is 1.66 bits per heavy atom. The molecule has 3 aromatic rings. The Bertz CT molecular complexity index is 1200. The average molecular weight is 559 g/mol. The number of amides is 3. The first-order valence-corrected chi connectivity index (χ1v) is 12.1. The molecule has 7 nitrogen and oxygen atoms in total. The second-order valence-corrected chi connectivity index (χ2v) is 9.01. The molecule has 35 heavy (non-hydrogen) atoms. The highest BCUT2D eigenvalue weighted by atomic mass is 79.9. The Kier molecular flexibility index (Phi) is 9.69. The maximum Gasteiger partial charge on any atom is 0.273 e. The predicted octanol–water partition coefficient (Wildman–Crippen LogP) is 5.21. The van der Waals surface area contributed by atoms with Crippen molar-refractivity contribution in [2.75, 3.05) is 11.9 Å². The van der Waals surface area contributed by atoms with E-state index in [0.717, 1.165) is 11.1 Å². The molecule has 3 N–H and O–H groups in total. The Labute approximate surface area is 217 Å². The summed E-state index contributed by atoms with van der Waals surface area (Å²) in [5.74, 6) is -0.976. The van der Waals surface area contributed by atoms with E-state index in [2.05, 4.69) is 32.1 Å². The maximum absolute atomic E-state index is 12.7. The van der Waals surface area contributed by atoms with Gasteiger partial charge in [0, 0.05) is 34.4 Å². The molecule has 182 valence electrons. The van der Waals surface area contributed by atoms with Gasteiger partial charge in [0.25, 0.3) is 5.91 Å². The lowest BCUT2D eigenvalue weighted by atomic mass is 10.1. The van der Waals surface area contributed by atoms with E-state index >= 15 is 0 Å². The van der Waals surface area contributed by atoms with Gasteiger partial charge in [-0.15, -0.1) is 0 Å². The van der Waals surface area contributed by atoms with Gasteiger partial charge in [0.05, 0.1) is 12.2 Å². The zero-order valence-electron chi connectivity index (χ0n) is 19.1. The third kappa shape index (κ3) is 8.12. The number of carbonyl (C=O) groups is 3. The largest absolute Gasteiger partial charge is 0.492 e. The minimum Gasteiger partial charge on any atom is -0.492 e. The smallest absolute Gasteiger partial charge is 0.273 e. The summed E-state index contributed by atoms with van der Waals surface area (Å²) in [6, 6.07) is 20.1. The van der Waals surface area contributed by atoms with E-state index in [-0.39, 0.29) is 24.3 Å². The molecule has 0 aliphatic heterocycles. The minimum absolute atomic E-state index is 0.0572. The molecule has 0 spiro atoms. The molecule has 0 unspecified atom stereocenters. The number of ether oxygens (including phenoxy) is 1. The summed E-state index contributed by atoms with van der Waals surface area (Å²) in [6.45, 7) is 2.18. The van der Waals surface area contributed by atoms with E-state index in [9.17, 15) is 14.4 Å². The molecule has 0 aromatic heterocycles. The van der Waals surface area contributed by atoms with Crippen molar-refractivity contribution in [3.63, 3.8) is 0 Å². The highest BCUT2D eigenvalue weighted by Gasteiger charge is 2.15. The number of carbonyl (C=O) groups excluding carboxylic acids is 3. The first kappa shape index (κ1) is 26.2. The third-order valence-corrected chi connectivity index (χ3v) is 6.02. The van der Waals surface area contributed by atoms with Crippen molar-refractivity contribution in [2.24, 2.45) is 0 Å². The van der Waals surface area contributed by atoms with Gasteiger partial charge in [-0.05, 0) is 48.4 Å². The molecule has 0 fully saturated rings. The van der Waals surface area contributed by atoms with Crippen molar-refractivity contribution in [1.82, 2.24) is 10.9 Å². The van der Waals surface area contributed by atoms with Crippen molar-refractivity contribution < 1.29 is 19.1 Å². The van der Waals surface area contributed by atoms with Crippen LogP contribution in [0, 0.1) is 6.92 Å². The second-order valence-electron chi connectivity index (χ2n) is 7.69. The first-order valence-electron chi connectivity index (χ1n) is 10.9. The van der Waals surface area contributed by atoms with Gasteiger partial charge in [0.2, 0.25) is 11.8 Å². The molecule has 0 aliphatic carbocycles. The molecule has 0 atom stereocenters. The fourth-order valence-electron chi connectivity index (χ4n) is 3.17. The Hall–Kier alpha value is -3.36. The monoisotopic (exact) mass is 557 g/mol. The van der Waals surface area contributed by atoms with Crippen LogP contribution in [0.15, 0.2) is 71.2 Å². The molecule has 3 amide bonds. The van der Waals surface area contributed by atoms with E-state index in [4.69, 9.17) is 16.3 Å².